The van der Waals surface area contributed by atoms with Gasteiger partial charge in [-0.25, -0.2) is 9.98 Å². The largest absolute Gasteiger partial charge is 0.457 e. The highest BCUT2D eigenvalue weighted by atomic mass is 16.5. The van der Waals surface area contributed by atoms with Crippen molar-refractivity contribution in [3.05, 3.63) is 220 Å². The predicted molar refractivity (Wildman–Crippen MR) is 244 cm³/mol. The van der Waals surface area contributed by atoms with Crippen LogP contribution in [0.5, 0.6) is 11.5 Å². The van der Waals surface area contributed by atoms with E-state index in [2.05, 4.69) is 187 Å². The molecule has 0 aromatic heterocycles. The van der Waals surface area contributed by atoms with Crippen molar-refractivity contribution in [2.24, 2.45) is 15.0 Å². The van der Waals surface area contributed by atoms with Gasteiger partial charge in [-0.2, -0.15) is 0 Å². The van der Waals surface area contributed by atoms with Crippen molar-refractivity contribution >= 4 is 23.6 Å². The number of fused-ring (bicyclic) bond motifs is 10. The fraction of sp³-hybridized carbons (Fsp3) is 0.109. The highest BCUT2D eigenvalue weighted by Crippen LogP contribution is 2.62. The zero-order valence-electron chi connectivity index (χ0n) is 33.0. The Bertz CT molecular complexity index is 3010. The molecule has 7 aromatic rings. The van der Waals surface area contributed by atoms with E-state index >= 15 is 0 Å². The van der Waals surface area contributed by atoms with Crippen LogP contribution in [-0.2, 0) is 11.8 Å². The van der Waals surface area contributed by atoms with Crippen molar-refractivity contribution < 1.29 is 4.74 Å². The number of nitrogens with one attached hydrogen (secondary N) is 1. The van der Waals surface area contributed by atoms with Crippen LogP contribution in [0.3, 0.4) is 0 Å². The van der Waals surface area contributed by atoms with Crippen molar-refractivity contribution in [3.63, 3.8) is 0 Å². The van der Waals surface area contributed by atoms with Crippen molar-refractivity contribution in [1.82, 2.24) is 5.32 Å². The average molecular weight is 773 g/mol. The lowest BCUT2D eigenvalue weighted by molar-refractivity contribution is 0.436. The lowest BCUT2D eigenvalue weighted by atomic mass is 9.65. The van der Waals surface area contributed by atoms with Crippen LogP contribution in [0.1, 0.15) is 58.2 Å². The number of allylic oxidation sites excluding steroid dienone is 2. The van der Waals surface area contributed by atoms with Crippen LogP contribution in [0, 0.1) is 0 Å². The summed E-state index contributed by atoms with van der Waals surface area (Å²) in [6, 6.07) is 56.8. The molecular formula is C55H40N4O. The number of nitrogens with zero attached hydrogens (tertiary/aromatic N) is 3. The SMILES string of the molecule is C1=CC(C2N=C(c3cccc(-c4ccccc4)c3)N=C(c3ccc4c(c3)C3(c5ccccc5Oc5ccccc53)c3cc(-c5cccc6c5N=CCC6)ccc3-4)N2)=CCC1. The molecule has 1 atom stereocenters. The summed E-state index contributed by atoms with van der Waals surface area (Å²) in [6.07, 6.45) is 12.5. The van der Waals surface area contributed by atoms with Gasteiger partial charge in [-0.05, 0) is 106 Å². The van der Waals surface area contributed by atoms with Gasteiger partial charge in [0.1, 0.15) is 23.5 Å². The number of rotatable bonds is 5. The fourth-order valence-electron chi connectivity index (χ4n) is 9.97. The standard InChI is InChI=1S/C55H40N4O/c1-3-14-35(15-4-1)38-19-11-20-40(32-38)53-57-52(37-16-5-2-6-17-37)58-54(59-53)41-28-30-44-43-29-27-39(42-22-12-18-36-21-13-31-56-51(36)42)33-47(43)55(48(44)34-41)45-23-7-9-25-49(45)60-50-26-10-8-24-46(50)55/h1,3-5,7-12,14-20,22-34,52H,2,6,13,21H2,(H,57,58,59). The summed E-state index contributed by atoms with van der Waals surface area (Å²) in [4.78, 5) is 15.6. The van der Waals surface area contributed by atoms with Crippen molar-refractivity contribution in [3.8, 4) is 44.9 Å². The van der Waals surface area contributed by atoms with Crippen LogP contribution in [0.15, 0.2) is 197 Å². The summed E-state index contributed by atoms with van der Waals surface area (Å²) < 4.78 is 6.73. The highest BCUT2D eigenvalue weighted by Gasteiger charge is 2.51. The summed E-state index contributed by atoms with van der Waals surface area (Å²) >= 11 is 0. The first-order chi connectivity index (χ1) is 29.7. The first-order valence-electron chi connectivity index (χ1n) is 21.0. The summed E-state index contributed by atoms with van der Waals surface area (Å²) in [5.74, 6) is 3.24. The molecule has 0 radical (unpaired) electrons. The minimum absolute atomic E-state index is 0.282. The maximum atomic E-state index is 6.73. The van der Waals surface area contributed by atoms with Crippen LogP contribution < -0.4 is 10.1 Å². The van der Waals surface area contributed by atoms with E-state index < -0.39 is 5.41 Å². The second-order valence-corrected chi connectivity index (χ2v) is 16.1. The van der Waals surface area contributed by atoms with Crippen molar-refractivity contribution in [1.29, 1.82) is 0 Å². The summed E-state index contributed by atoms with van der Waals surface area (Å²) in [5.41, 5.74) is 16.6. The first-order valence-corrected chi connectivity index (χ1v) is 21.0. The molecule has 0 amide bonds. The minimum atomic E-state index is -0.662. The zero-order chi connectivity index (χ0) is 39.6. The Morgan fingerprint density at radius 1 is 0.550 bits per heavy atom. The summed E-state index contributed by atoms with van der Waals surface area (Å²) in [6.45, 7) is 0. The van der Waals surface area contributed by atoms with E-state index in [0.717, 1.165) is 98.8 Å². The third-order valence-electron chi connectivity index (χ3n) is 12.7. The molecule has 0 saturated heterocycles. The van der Waals surface area contributed by atoms with Crippen molar-refractivity contribution in [2.75, 3.05) is 0 Å². The summed E-state index contributed by atoms with van der Waals surface area (Å²) in [7, 11) is 0. The Labute approximate surface area is 349 Å². The molecule has 5 aliphatic rings. The van der Waals surface area contributed by atoms with Gasteiger partial charge >= 0.3 is 0 Å². The molecule has 1 spiro atoms. The Hall–Kier alpha value is -7.37. The Kier molecular flexibility index (Phi) is 8.02. The normalized spacial score (nSPS) is 17.5. The zero-order valence-corrected chi connectivity index (χ0v) is 33.0. The van der Waals surface area contributed by atoms with Crippen molar-refractivity contribution in [2.45, 2.75) is 37.3 Å². The molecule has 1 unspecified atom stereocenters. The molecule has 3 aliphatic heterocycles. The van der Waals surface area contributed by atoms with Crippen LogP contribution >= 0.6 is 0 Å². The number of benzene rings is 7. The van der Waals surface area contributed by atoms with E-state index in [4.69, 9.17) is 19.7 Å². The predicted octanol–water partition coefficient (Wildman–Crippen LogP) is 12.5. The molecule has 60 heavy (non-hydrogen) atoms. The Balaban J connectivity index is 1.06. The molecule has 5 heteroatoms. The molecule has 0 bridgehead atoms. The molecule has 7 aromatic carbocycles. The quantitative estimate of drug-likeness (QED) is 0.189. The number of aliphatic imine (C=N–C) groups is 3. The number of aryl methyl sites for hydroxylation is 1. The highest BCUT2D eigenvalue weighted by molar-refractivity contribution is 6.14. The van der Waals surface area contributed by atoms with Gasteiger partial charge in [0.05, 0.1) is 11.1 Å². The molecule has 12 rings (SSSR count). The first kappa shape index (κ1) is 34.7. The fourth-order valence-corrected chi connectivity index (χ4v) is 9.97. The van der Waals surface area contributed by atoms with E-state index in [0.29, 0.717) is 5.84 Å². The van der Waals surface area contributed by atoms with E-state index in [-0.39, 0.29) is 6.17 Å². The number of amidine groups is 2. The average Bonchev–Trinajstić information content (AvgIpc) is 3.61. The smallest absolute Gasteiger partial charge is 0.159 e. The van der Waals surface area contributed by atoms with Gasteiger partial charge in [0, 0.05) is 34.0 Å². The molecular weight excluding hydrogens is 733 g/mol. The molecule has 0 saturated carbocycles. The number of hydrogen-bond acceptors (Lipinski definition) is 5. The van der Waals surface area contributed by atoms with Crippen LogP contribution in [0.25, 0.3) is 33.4 Å². The number of ether oxygens (including phenoxy) is 1. The van der Waals surface area contributed by atoms with E-state index in [1.807, 2.05) is 0 Å². The van der Waals surface area contributed by atoms with E-state index in [1.54, 1.807) is 0 Å². The molecule has 5 nitrogen and oxygen atoms in total. The minimum Gasteiger partial charge on any atom is -0.457 e. The lowest BCUT2D eigenvalue weighted by Gasteiger charge is -2.39. The van der Waals surface area contributed by atoms with E-state index in [1.165, 1.54) is 27.8 Å². The monoisotopic (exact) mass is 772 g/mol. The molecule has 2 aliphatic carbocycles. The second kappa shape index (κ2) is 13.9. The Morgan fingerprint density at radius 2 is 1.25 bits per heavy atom. The van der Waals surface area contributed by atoms with Crippen LogP contribution in [-0.4, -0.2) is 24.1 Å². The Morgan fingerprint density at radius 3 is 2.03 bits per heavy atom. The van der Waals surface area contributed by atoms with Gasteiger partial charge in [-0.3, -0.25) is 4.99 Å². The van der Waals surface area contributed by atoms with Gasteiger partial charge in [0.15, 0.2) is 5.84 Å². The summed E-state index contributed by atoms with van der Waals surface area (Å²) in [5, 5.41) is 3.79. The molecule has 1 N–H and O–H groups in total. The maximum Gasteiger partial charge on any atom is 0.159 e. The van der Waals surface area contributed by atoms with Gasteiger partial charge in [-0.15, -0.1) is 0 Å². The van der Waals surface area contributed by atoms with E-state index in [9.17, 15) is 0 Å². The van der Waals surface area contributed by atoms with Gasteiger partial charge in [0.25, 0.3) is 0 Å². The third-order valence-corrected chi connectivity index (χ3v) is 12.7. The van der Waals surface area contributed by atoms with Gasteiger partial charge < -0.3 is 10.1 Å². The lowest BCUT2D eigenvalue weighted by Crippen LogP contribution is -2.40. The number of para-hydroxylation sites is 3. The maximum absolute atomic E-state index is 6.73. The molecule has 286 valence electrons. The third kappa shape index (κ3) is 5.42. The molecule has 0 fully saturated rings. The number of hydrogen-bond donors (Lipinski definition) is 1. The van der Waals surface area contributed by atoms with Gasteiger partial charge in [0.2, 0.25) is 0 Å². The van der Waals surface area contributed by atoms with Crippen LogP contribution in [0.4, 0.5) is 5.69 Å². The molecule has 3 heterocycles. The topological polar surface area (TPSA) is 58.3 Å². The van der Waals surface area contributed by atoms with Gasteiger partial charge in [-0.1, -0.05) is 146 Å². The van der Waals surface area contributed by atoms with Crippen LogP contribution in [0.2, 0.25) is 0 Å². The second-order valence-electron chi connectivity index (χ2n) is 16.1.